The molecule has 0 radical (unpaired) electrons. The molecule has 3 atom stereocenters. The SMILES string of the molecule is CN(CC1CCCCO1)C1CCCCCCC1N. The van der Waals surface area contributed by atoms with Gasteiger partial charge in [0.05, 0.1) is 6.10 Å². The minimum Gasteiger partial charge on any atom is -0.377 e. The van der Waals surface area contributed by atoms with Crippen LogP contribution in [0.1, 0.15) is 57.8 Å². The van der Waals surface area contributed by atoms with E-state index < -0.39 is 0 Å². The summed E-state index contributed by atoms with van der Waals surface area (Å²) >= 11 is 0. The van der Waals surface area contributed by atoms with E-state index in [1.165, 1.54) is 57.8 Å². The van der Waals surface area contributed by atoms with Crippen LogP contribution in [0.25, 0.3) is 0 Å². The first kappa shape index (κ1) is 14.3. The van der Waals surface area contributed by atoms with Crippen LogP contribution in [0.3, 0.4) is 0 Å². The van der Waals surface area contributed by atoms with Gasteiger partial charge in [0.1, 0.15) is 0 Å². The molecule has 2 rings (SSSR count). The number of ether oxygens (including phenoxy) is 1. The van der Waals surface area contributed by atoms with Crippen molar-refractivity contribution in [2.45, 2.75) is 76.0 Å². The van der Waals surface area contributed by atoms with Crippen molar-refractivity contribution in [3.05, 3.63) is 0 Å². The molecule has 3 unspecified atom stereocenters. The molecule has 0 bridgehead atoms. The van der Waals surface area contributed by atoms with Gasteiger partial charge in [0.25, 0.3) is 0 Å². The molecule has 3 heteroatoms. The Labute approximate surface area is 112 Å². The average Bonchev–Trinajstić information content (AvgIpc) is 2.35. The second kappa shape index (κ2) is 7.46. The third-order valence-electron chi connectivity index (χ3n) is 4.61. The monoisotopic (exact) mass is 254 g/mol. The number of hydrogen-bond donors (Lipinski definition) is 1. The zero-order chi connectivity index (χ0) is 12.8. The molecule has 0 amide bonds. The van der Waals surface area contributed by atoms with Crippen LogP contribution in [0.4, 0.5) is 0 Å². The van der Waals surface area contributed by atoms with Gasteiger partial charge in [-0.15, -0.1) is 0 Å². The minimum absolute atomic E-state index is 0.360. The first-order valence-electron chi connectivity index (χ1n) is 7.85. The lowest BCUT2D eigenvalue weighted by Crippen LogP contribution is -2.49. The maximum atomic E-state index is 6.37. The average molecular weight is 254 g/mol. The maximum absolute atomic E-state index is 6.37. The fourth-order valence-electron chi connectivity index (χ4n) is 3.45. The number of hydrogen-bond acceptors (Lipinski definition) is 3. The number of nitrogens with two attached hydrogens (primary N) is 1. The summed E-state index contributed by atoms with van der Waals surface area (Å²) in [7, 11) is 2.24. The predicted octanol–water partition coefficient (Wildman–Crippen LogP) is 2.54. The lowest BCUT2D eigenvalue weighted by Gasteiger charge is -2.37. The normalized spacial score (nSPS) is 35.2. The fraction of sp³-hybridized carbons (Fsp3) is 1.00. The molecule has 1 saturated heterocycles. The van der Waals surface area contributed by atoms with Crippen LogP contribution in [0.2, 0.25) is 0 Å². The van der Waals surface area contributed by atoms with Crippen LogP contribution in [0, 0.1) is 0 Å². The lowest BCUT2D eigenvalue weighted by molar-refractivity contribution is -0.0115. The van der Waals surface area contributed by atoms with Gasteiger partial charge in [0.15, 0.2) is 0 Å². The van der Waals surface area contributed by atoms with E-state index in [1.807, 2.05) is 0 Å². The molecule has 106 valence electrons. The number of likely N-dealkylation sites (N-methyl/N-ethyl adjacent to an activating group) is 1. The number of rotatable bonds is 3. The highest BCUT2D eigenvalue weighted by atomic mass is 16.5. The van der Waals surface area contributed by atoms with Crippen LogP contribution in [0.15, 0.2) is 0 Å². The van der Waals surface area contributed by atoms with Crippen molar-refractivity contribution in [2.24, 2.45) is 5.73 Å². The van der Waals surface area contributed by atoms with Gasteiger partial charge in [0, 0.05) is 25.2 Å². The minimum atomic E-state index is 0.360. The molecule has 2 N–H and O–H groups in total. The highest BCUT2D eigenvalue weighted by Gasteiger charge is 2.26. The van der Waals surface area contributed by atoms with Gasteiger partial charge in [0.2, 0.25) is 0 Å². The topological polar surface area (TPSA) is 38.5 Å². The Morgan fingerprint density at radius 3 is 2.44 bits per heavy atom. The molecule has 1 aliphatic carbocycles. The molecule has 2 fully saturated rings. The first-order chi connectivity index (χ1) is 8.77. The molecule has 0 aromatic carbocycles. The van der Waals surface area contributed by atoms with Crippen LogP contribution in [-0.4, -0.2) is 43.3 Å². The summed E-state index contributed by atoms with van der Waals surface area (Å²) in [5, 5.41) is 0. The van der Waals surface area contributed by atoms with Crippen LogP contribution < -0.4 is 5.73 Å². The predicted molar refractivity (Wildman–Crippen MR) is 75.7 cm³/mol. The van der Waals surface area contributed by atoms with Crippen LogP contribution >= 0.6 is 0 Å². The smallest absolute Gasteiger partial charge is 0.0702 e. The van der Waals surface area contributed by atoms with Crippen molar-refractivity contribution >= 4 is 0 Å². The Morgan fingerprint density at radius 2 is 1.72 bits per heavy atom. The summed E-state index contributed by atoms with van der Waals surface area (Å²) < 4.78 is 5.85. The second-order valence-electron chi connectivity index (χ2n) is 6.15. The van der Waals surface area contributed by atoms with Gasteiger partial charge >= 0.3 is 0 Å². The summed E-state index contributed by atoms with van der Waals surface area (Å²) in [5.74, 6) is 0. The Morgan fingerprint density at radius 1 is 1.00 bits per heavy atom. The summed E-state index contributed by atoms with van der Waals surface area (Å²) in [4.78, 5) is 2.48. The highest BCUT2D eigenvalue weighted by molar-refractivity contribution is 4.84. The Kier molecular flexibility index (Phi) is 5.93. The highest BCUT2D eigenvalue weighted by Crippen LogP contribution is 2.22. The van der Waals surface area contributed by atoms with Crippen molar-refractivity contribution in [3.63, 3.8) is 0 Å². The molecule has 1 heterocycles. The Hall–Kier alpha value is -0.120. The van der Waals surface area contributed by atoms with E-state index in [0.29, 0.717) is 18.2 Å². The quantitative estimate of drug-likeness (QED) is 0.841. The largest absolute Gasteiger partial charge is 0.377 e. The van der Waals surface area contributed by atoms with E-state index in [1.54, 1.807) is 0 Å². The summed E-state index contributed by atoms with van der Waals surface area (Å²) in [6, 6.07) is 0.926. The van der Waals surface area contributed by atoms with Gasteiger partial charge in [-0.1, -0.05) is 25.7 Å². The van der Waals surface area contributed by atoms with Gasteiger partial charge in [-0.2, -0.15) is 0 Å². The van der Waals surface area contributed by atoms with Gasteiger partial charge in [-0.25, -0.2) is 0 Å². The summed E-state index contributed by atoms with van der Waals surface area (Å²) in [6.07, 6.45) is 12.1. The third-order valence-corrected chi connectivity index (χ3v) is 4.61. The maximum Gasteiger partial charge on any atom is 0.0702 e. The van der Waals surface area contributed by atoms with E-state index in [9.17, 15) is 0 Å². The summed E-state index contributed by atoms with van der Waals surface area (Å²) in [5.41, 5.74) is 6.37. The molecular weight excluding hydrogens is 224 g/mol. The van der Waals surface area contributed by atoms with Crippen molar-refractivity contribution < 1.29 is 4.74 Å². The molecular formula is C15H30N2O. The van der Waals surface area contributed by atoms with Crippen LogP contribution in [0.5, 0.6) is 0 Å². The molecule has 0 spiro atoms. The van der Waals surface area contributed by atoms with Gasteiger partial charge < -0.3 is 10.5 Å². The van der Waals surface area contributed by atoms with Crippen molar-refractivity contribution in [2.75, 3.05) is 20.2 Å². The lowest BCUT2D eigenvalue weighted by atomic mass is 9.91. The van der Waals surface area contributed by atoms with Crippen molar-refractivity contribution in [3.8, 4) is 0 Å². The molecule has 1 saturated carbocycles. The van der Waals surface area contributed by atoms with E-state index in [4.69, 9.17) is 10.5 Å². The van der Waals surface area contributed by atoms with E-state index in [0.717, 1.165) is 13.2 Å². The van der Waals surface area contributed by atoms with E-state index in [2.05, 4.69) is 11.9 Å². The van der Waals surface area contributed by atoms with E-state index >= 15 is 0 Å². The first-order valence-corrected chi connectivity index (χ1v) is 7.85. The zero-order valence-electron chi connectivity index (χ0n) is 11.9. The van der Waals surface area contributed by atoms with Crippen LogP contribution in [-0.2, 0) is 4.74 Å². The zero-order valence-corrected chi connectivity index (χ0v) is 11.9. The Balaban J connectivity index is 1.82. The van der Waals surface area contributed by atoms with Gasteiger partial charge in [-0.3, -0.25) is 4.90 Å². The van der Waals surface area contributed by atoms with Gasteiger partial charge in [-0.05, 0) is 39.2 Å². The molecule has 2 aliphatic rings. The Bertz CT molecular complexity index is 229. The molecule has 1 aliphatic heterocycles. The number of nitrogens with zero attached hydrogens (tertiary/aromatic N) is 1. The fourth-order valence-corrected chi connectivity index (χ4v) is 3.45. The third kappa shape index (κ3) is 4.22. The molecule has 0 aromatic heterocycles. The molecule has 0 aromatic rings. The summed E-state index contributed by atoms with van der Waals surface area (Å²) in [6.45, 7) is 2.02. The van der Waals surface area contributed by atoms with Crippen molar-refractivity contribution in [1.29, 1.82) is 0 Å². The van der Waals surface area contributed by atoms with E-state index in [-0.39, 0.29) is 0 Å². The van der Waals surface area contributed by atoms with Crippen molar-refractivity contribution in [1.82, 2.24) is 4.90 Å². The molecule has 18 heavy (non-hydrogen) atoms. The second-order valence-corrected chi connectivity index (χ2v) is 6.15. The molecule has 3 nitrogen and oxygen atoms in total. The standard InChI is InChI=1S/C15H30N2O/c1-17(12-13-8-6-7-11-18-13)15-10-5-3-2-4-9-14(15)16/h13-15H,2-12,16H2,1H3.